The number of rotatable bonds is 5. The van der Waals surface area contributed by atoms with Crippen LogP contribution >= 0.6 is 0 Å². The van der Waals surface area contributed by atoms with E-state index in [-0.39, 0.29) is 11.8 Å². The molecular weight excluding hydrogens is 414 g/mol. The highest BCUT2D eigenvalue weighted by atomic mass is 16.5. The lowest BCUT2D eigenvalue weighted by atomic mass is 10.1. The van der Waals surface area contributed by atoms with Gasteiger partial charge in [0.15, 0.2) is 0 Å². The zero-order valence-corrected chi connectivity index (χ0v) is 18.7. The summed E-state index contributed by atoms with van der Waals surface area (Å²) < 4.78 is 7.89. The molecule has 1 aliphatic rings. The second-order valence-corrected chi connectivity index (χ2v) is 8.39. The van der Waals surface area contributed by atoms with E-state index in [4.69, 9.17) is 4.74 Å². The van der Waals surface area contributed by atoms with Crippen molar-refractivity contribution in [3.05, 3.63) is 78.4 Å². The summed E-state index contributed by atoms with van der Waals surface area (Å²) in [5.74, 6) is 0.826. The van der Waals surface area contributed by atoms with Crippen molar-refractivity contribution in [1.82, 2.24) is 14.4 Å². The number of fused-ring (bicyclic) bond motifs is 3. The summed E-state index contributed by atoms with van der Waals surface area (Å²) in [4.78, 5) is 29.5. The van der Waals surface area contributed by atoms with Crippen molar-refractivity contribution in [2.75, 3.05) is 32.8 Å². The molecule has 33 heavy (non-hydrogen) atoms. The normalized spacial score (nSPS) is 14.6. The Labute approximate surface area is 193 Å². The Bertz CT molecular complexity index is 1310. The molecule has 4 aromatic rings. The summed E-state index contributed by atoms with van der Waals surface area (Å²) >= 11 is 0. The lowest BCUT2D eigenvalue weighted by Gasteiger charge is -2.22. The van der Waals surface area contributed by atoms with Crippen molar-refractivity contribution >= 4 is 33.6 Å². The standard InChI is InChI=1S/C27H27N3O3/c1-28-24-10-6-5-9-22(24)23-19-20(11-12-25(23)28)27(32)30-14-13-26(31)29(15-16-30)17-18-33-21-7-3-2-4-8-21/h2-12,19H,13-18H2,1H3. The summed E-state index contributed by atoms with van der Waals surface area (Å²) in [5.41, 5.74) is 2.90. The van der Waals surface area contributed by atoms with Gasteiger partial charge >= 0.3 is 0 Å². The van der Waals surface area contributed by atoms with Crippen LogP contribution in [0.3, 0.4) is 0 Å². The van der Waals surface area contributed by atoms with Crippen LogP contribution in [0, 0.1) is 0 Å². The van der Waals surface area contributed by atoms with Crippen LogP contribution in [0.1, 0.15) is 16.8 Å². The molecule has 3 aromatic carbocycles. The van der Waals surface area contributed by atoms with Gasteiger partial charge < -0.3 is 19.1 Å². The second-order valence-electron chi connectivity index (χ2n) is 8.39. The van der Waals surface area contributed by atoms with Gasteiger partial charge in [0.2, 0.25) is 5.91 Å². The van der Waals surface area contributed by atoms with E-state index in [9.17, 15) is 9.59 Å². The minimum Gasteiger partial charge on any atom is -0.492 e. The van der Waals surface area contributed by atoms with E-state index in [0.717, 1.165) is 27.6 Å². The molecule has 0 unspecified atom stereocenters. The van der Waals surface area contributed by atoms with E-state index in [1.165, 1.54) is 0 Å². The highest BCUT2D eigenvalue weighted by Crippen LogP contribution is 2.29. The molecule has 2 amide bonds. The summed E-state index contributed by atoms with van der Waals surface area (Å²) in [6.07, 6.45) is 0.327. The van der Waals surface area contributed by atoms with Crippen LogP contribution in [0.5, 0.6) is 5.75 Å². The highest BCUT2D eigenvalue weighted by Gasteiger charge is 2.25. The first kappa shape index (κ1) is 21.1. The van der Waals surface area contributed by atoms with Crippen molar-refractivity contribution in [3.63, 3.8) is 0 Å². The van der Waals surface area contributed by atoms with Crippen molar-refractivity contribution < 1.29 is 14.3 Å². The fraction of sp³-hybridized carbons (Fsp3) is 0.259. The summed E-state index contributed by atoms with van der Waals surface area (Å²) in [6.45, 7) is 2.41. The molecule has 1 fully saturated rings. The first-order valence-electron chi connectivity index (χ1n) is 11.3. The molecule has 0 spiro atoms. The van der Waals surface area contributed by atoms with Gasteiger partial charge in [-0.15, -0.1) is 0 Å². The maximum absolute atomic E-state index is 13.3. The molecule has 6 nitrogen and oxygen atoms in total. The maximum Gasteiger partial charge on any atom is 0.253 e. The number of benzene rings is 3. The number of amides is 2. The molecule has 0 atom stereocenters. The Balaban J connectivity index is 1.28. The van der Waals surface area contributed by atoms with Gasteiger partial charge in [0, 0.05) is 60.5 Å². The second kappa shape index (κ2) is 8.98. The molecule has 0 N–H and O–H groups in total. The predicted octanol–water partition coefficient (Wildman–Crippen LogP) is 4.09. The van der Waals surface area contributed by atoms with Gasteiger partial charge in [-0.05, 0) is 36.4 Å². The Hall–Kier alpha value is -3.80. The average molecular weight is 442 g/mol. The third-order valence-corrected chi connectivity index (χ3v) is 6.41. The smallest absolute Gasteiger partial charge is 0.253 e. The fourth-order valence-electron chi connectivity index (χ4n) is 4.58. The Kier molecular flexibility index (Phi) is 5.73. The van der Waals surface area contributed by atoms with Crippen molar-refractivity contribution in [2.45, 2.75) is 6.42 Å². The molecule has 0 saturated carbocycles. The predicted molar refractivity (Wildman–Crippen MR) is 129 cm³/mol. The van der Waals surface area contributed by atoms with Crippen LogP contribution in [-0.4, -0.2) is 59.0 Å². The van der Waals surface area contributed by atoms with E-state index in [0.29, 0.717) is 44.8 Å². The molecule has 6 heteroatoms. The van der Waals surface area contributed by atoms with Gasteiger partial charge in [0.25, 0.3) is 5.91 Å². The lowest BCUT2D eigenvalue weighted by molar-refractivity contribution is -0.130. The Morgan fingerprint density at radius 1 is 0.879 bits per heavy atom. The van der Waals surface area contributed by atoms with E-state index < -0.39 is 0 Å². The minimum atomic E-state index is -0.0278. The van der Waals surface area contributed by atoms with E-state index in [1.807, 2.05) is 67.7 Å². The van der Waals surface area contributed by atoms with Gasteiger partial charge in [0.05, 0.1) is 6.54 Å². The maximum atomic E-state index is 13.3. The van der Waals surface area contributed by atoms with Crippen LogP contribution in [0.2, 0.25) is 0 Å². The molecule has 5 rings (SSSR count). The molecule has 1 saturated heterocycles. The van der Waals surface area contributed by atoms with Crippen molar-refractivity contribution in [3.8, 4) is 5.75 Å². The first-order valence-corrected chi connectivity index (χ1v) is 11.3. The number of carbonyl (C=O) groups excluding carboxylic acids is 2. The molecule has 1 aliphatic heterocycles. The number of hydrogen-bond acceptors (Lipinski definition) is 3. The van der Waals surface area contributed by atoms with Crippen molar-refractivity contribution in [1.29, 1.82) is 0 Å². The number of aryl methyl sites for hydroxylation is 1. The number of nitrogens with zero attached hydrogens (tertiary/aromatic N) is 3. The van der Waals surface area contributed by atoms with E-state index in [1.54, 1.807) is 9.80 Å². The summed E-state index contributed by atoms with van der Waals surface area (Å²) in [7, 11) is 2.04. The third kappa shape index (κ3) is 4.16. The number of ether oxygens (including phenoxy) is 1. The fourth-order valence-corrected chi connectivity index (χ4v) is 4.58. The molecular formula is C27H27N3O3. The van der Waals surface area contributed by atoms with Crippen LogP contribution in [-0.2, 0) is 11.8 Å². The topological polar surface area (TPSA) is 54.8 Å². The number of hydrogen-bond donors (Lipinski definition) is 0. The van der Waals surface area contributed by atoms with Crippen molar-refractivity contribution in [2.24, 2.45) is 7.05 Å². The zero-order valence-electron chi connectivity index (χ0n) is 18.7. The molecule has 1 aromatic heterocycles. The Morgan fingerprint density at radius 3 is 2.48 bits per heavy atom. The number of carbonyl (C=O) groups is 2. The minimum absolute atomic E-state index is 0.0278. The molecule has 0 aliphatic carbocycles. The van der Waals surface area contributed by atoms with Crippen LogP contribution in [0.4, 0.5) is 0 Å². The zero-order chi connectivity index (χ0) is 22.8. The van der Waals surface area contributed by atoms with Gasteiger partial charge in [0.1, 0.15) is 12.4 Å². The SMILES string of the molecule is Cn1c2ccccc2c2cc(C(=O)N3CCC(=O)N(CCOc4ccccc4)CC3)ccc21. The van der Waals surface area contributed by atoms with Gasteiger partial charge in [-0.25, -0.2) is 0 Å². The number of para-hydroxylation sites is 2. The Morgan fingerprint density at radius 2 is 1.64 bits per heavy atom. The molecule has 0 bridgehead atoms. The molecule has 0 radical (unpaired) electrons. The third-order valence-electron chi connectivity index (χ3n) is 6.41. The molecule has 168 valence electrons. The van der Waals surface area contributed by atoms with Gasteiger partial charge in [-0.1, -0.05) is 36.4 Å². The van der Waals surface area contributed by atoms with Crippen LogP contribution in [0.15, 0.2) is 72.8 Å². The monoisotopic (exact) mass is 441 g/mol. The summed E-state index contributed by atoms with van der Waals surface area (Å²) in [6, 6.07) is 23.7. The van der Waals surface area contributed by atoms with E-state index in [2.05, 4.69) is 16.7 Å². The van der Waals surface area contributed by atoms with E-state index >= 15 is 0 Å². The largest absolute Gasteiger partial charge is 0.492 e. The lowest BCUT2D eigenvalue weighted by Crippen LogP contribution is -2.37. The van der Waals surface area contributed by atoms with Gasteiger partial charge in [-0.3, -0.25) is 9.59 Å². The highest BCUT2D eigenvalue weighted by molar-refractivity contribution is 6.10. The molecule has 2 heterocycles. The van der Waals surface area contributed by atoms with Crippen LogP contribution < -0.4 is 4.74 Å². The number of aromatic nitrogens is 1. The quantitative estimate of drug-likeness (QED) is 0.469. The average Bonchev–Trinajstić information content (AvgIpc) is 3.00. The summed E-state index contributed by atoms with van der Waals surface area (Å²) in [5, 5.41) is 2.21. The van der Waals surface area contributed by atoms with Gasteiger partial charge in [-0.2, -0.15) is 0 Å². The van der Waals surface area contributed by atoms with Crippen LogP contribution in [0.25, 0.3) is 21.8 Å². The first-order chi connectivity index (χ1) is 16.1.